The predicted octanol–water partition coefficient (Wildman–Crippen LogP) is 4.20. The van der Waals surface area contributed by atoms with Gasteiger partial charge in [-0.05, 0) is 42.5 Å². The maximum absolute atomic E-state index is 12.7. The minimum absolute atomic E-state index is 0.0147. The Hall–Kier alpha value is -4.20. The van der Waals surface area contributed by atoms with Crippen molar-refractivity contribution in [2.75, 3.05) is 12.0 Å². The molecule has 0 aliphatic carbocycles. The number of anilines is 1. The van der Waals surface area contributed by atoms with Crippen LogP contribution in [0, 0.1) is 10.1 Å². The maximum Gasteiger partial charge on any atom is 0.283 e. The molecule has 1 heterocycles. The van der Waals surface area contributed by atoms with Gasteiger partial charge in [0.1, 0.15) is 22.8 Å². The van der Waals surface area contributed by atoms with Crippen LogP contribution in [0.25, 0.3) is 0 Å². The van der Waals surface area contributed by atoms with Crippen LogP contribution in [0.3, 0.4) is 0 Å². The highest BCUT2D eigenvalue weighted by Crippen LogP contribution is 2.35. The molecule has 1 aliphatic heterocycles. The average Bonchev–Trinajstić information content (AvgIpc) is 2.99. The molecule has 2 amide bonds. The molecule has 0 bridgehead atoms. The topological polar surface area (TPSA) is 99.0 Å². The molecule has 0 saturated carbocycles. The minimum Gasteiger partial charge on any atom is -0.497 e. The normalized spacial score (nSPS) is 12.7. The number of imide groups is 1. The molecule has 3 aromatic rings. The summed E-state index contributed by atoms with van der Waals surface area (Å²) in [6, 6.07) is 17.4. The lowest BCUT2D eigenvalue weighted by molar-refractivity contribution is -0.385. The number of fused-ring (bicyclic) bond motifs is 1. The number of rotatable bonds is 5. The molecule has 0 aromatic heterocycles. The van der Waals surface area contributed by atoms with Crippen LogP contribution in [0.5, 0.6) is 17.2 Å². The molecule has 3 aromatic carbocycles. The van der Waals surface area contributed by atoms with Gasteiger partial charge >= 0.3 is 0 Å². The molecule has 8 nitrogen and oxygen atoms in total. The lowest BCUT2D eigenvalue weighted by Gasteiger charge is -2.14. The third kappa shape index (κ3) is 3.16. The van der Waals surface area contributed by atoms with Crippen LogP contribution in [-0.4, -0.2) is 23.8 Å². The van der Waals surface area contributed by atoms with E-state index in [0.29, 0.717) is 22.9 Å². The van der Waals surface area contributed by atoms with Crippen molar-refractivity contribution < 1.29 is 24.0 Å². The molecule has 0 fully saturated rings. The molecule has 0 radical (unpaired) electrons. The van der Waals surface area contributed by atoms with Gasteiger partial charge in [-0.1, -0.05) is 12.1 Å². The first-order valence-corrected chi connectivity index (χ1v) is 8.58. The van der Waals surface area contributed by atoms with Gasteiger partial charge in [-0.25, -0.2) is 4.90 Å². The number of hydrogen-bond donors (Lipinski definition) is 0. The molecule has 0 unspecified atom stereocenters. The van der Waals surface area contributed by atoms with Crippen LogP contribution >= 0.6 is 0 Å². The third-order valence-corrected chi connectivity index (χ3v) is 4.46. The highest BCUT2D eigenvalue weighted by Gasteiger charge is 2.41. The Kier molecular flexibility index (Phi) is 4.44. The molecule has 0 N–H and O–H groups in total. The summed E-state index contributed by atoms with van der Waals surface area (Å²) in [7, 11) is 1.56. The lowest BCUT2D eigenvalue weighted by Crippen LogP contribution is -2.29. The quantitative estimate of drug-likeness (QED) is 0.368. The zero-order valence-electron chi connectivity index (χ0n) is 15.2. The Bertz CT molecular complexity index is 1140. The average molecular weight is 390 g/mol. The van der Waals surface area contributed by atoms with Crippen molar-refractivity contribution in [3.8, 4) is 17.2 Å². The van der Waals surface area contributed by atoms with E-state index in [-0.39, 0.29) is 16.8 Å². The van der Waals surface area contributed by atoms with Crippen LogP contribution in [0.15, 0.2) is 66.7 Å². The Morgan fingerprint density at radius 1 is 0.862 bits per heavy atom. The van der Waals surface area contributed by atoms with E-state index in [0.717, 1.165) is 4.90 Å². The van der Waals surface area contributed by atoms with E-state index in [9.17, 15) is 19.7 Å². The first-order valence-electron chi connectivity index (χ1n) is 8.58. The van der Waals surface area contributed by atoms with Gasteiger partial charge in [0.15, 0.2) is 0 Å². The van der Waals surface area contributed by atoms with E-state index in [4.69, 9.17) is 9.47 Å². The van der Waals surface area contributed by atoms with Gasteiger partial charge in [-0.15, -0.1) is 0 Å². The summed E-state index contributed by atoms with van der Waals surface area (Å²) >= 11 is 0. The Balaban J connectivity index is 1.61. The van der Waals surface area contributed by atoms with Gasteiger partial charge in [0.2, 0.25) is 0 Å². The Labute approximate surface area is 165 Å². The van der Waals surface area contributed by atoms with Crippen molar-refractivity contribution in [3.63, 3.8) is 0 Å². The molecule has 29 heavy (non-hydrogen) atoms. The van der Waals surface area contributed by atoms with Gasteiger partial charge < -0.3 is 9.47 Å². The Morgan fingerprint density at radius 3 is 2.24 bits per heavy atom. The monoisotopic (exact) mass is 390 g/mol. The summed E-state index contributed by atoms with van der Waals surface area (Å²) in [6.45, 7) is 0. The summed E-state index contributed by atoms with van der Waals surface area (Å²) in [5, 5.41) is 11.2. The van der Waals surface area contributed by atoms with Crippen molar-refractivity contribution in [2.45, 2.75) is 0 Å². The van der Waals surface area contributed by atoms with Crippen LogP contribution in [0.4, 0.5) is 11.4 Å². The summed E-state index contributed by atoms with van der Waals surface area (Å²) in [4.78, 5) is 36.9. The van der Waals surface area contributed by atoms with E-state index in [1.54, 1.807) is 55.6 Å². The molecular formula is C21H14N2O6. The first kappa shape index (κ1) is 18.2. The molecule has 1 aliphatic rings. The number of hydrogen-bond acceptors (Lipinski definition) is 6. The van der Waals surface area contributed by atoms with E-state index in [2.05, 4.69) is 0 Å². The molecular weight excluding hydrogens is 376 g/mol. The van der Waals surface area contributed by atoms with Gasteiger partial charge in [0.05, 0.1) is 23.3 Å². The van der Waals surface area contributed by atoms with E-state index in [1.807, 2.05) is 0 Å². The van der Waals surface area contributed by atoms with Gasteiger partial charge in [-0.3, -0.25) is 19.7 Å². The van der Waals surface area contributed by atoms with E-state index < -0.39 is 16.7 Å². The second-order valence-electron chi connectivity index (χ2n) is 6.18. The molecule has 144 valence electrons. The SMILES string of the molecule is COc1cccc(Oc2ccc(N3C(=O)c4cccc([N+](=O)[O-])c4C3=O)cc2)c1. The number of nitro benzene ring substituents is 1. The smallest absolute Gasteiger partial charge is 0.283 e. The number of amides is 2. The molecule has 8 heteroatoms. The first-order chi connectivity index (χ1) is 14.0. The van der Waals surface area contributed by atoms with Gasteiger partial charge in [0, 0.05) is 12.1 Å². The van der Waals surface area contributed by atoms with Crippen molar-refractivity contribution in [2.24, 2.45) is 0 Å². The predicted molar refractivity (Wildman–Crippen MR) is 104 cm³/mol. The van der Waals surface area contributed by atoms with Crippen molar-refractivity contribution in [1.82, 2.24) is 0 Å². The molecule has 4 rings (SSSR count). The van der Waals surface area contributed by atoms with Crippen LogP contribution in [0.2, 0.25) is 0 Å². The number of nitro groups is 1. The zero-order valence-corrected chi connectivity index (χ0v) is 15.2. The van der Waals surface area contributed by atoms with Crippen LogP contribution in [-0.2, 0) is 0 Å². The molecule has 0 atom stereocenters. The highest BCUT2D eigenvalue weighted by molar-refractivity contribution is 6.35. The van der Waals surface area contributed by atoms with Gasteiger partial charge in [0.25, 0.3) is 17.5 Å². The van der Waals surface area contributed by atoms with Crippen molar-refractivity contribution in [1.29, 1.82) is 0 Å². The molecule has 0 spiro atoms. The number of ether oxygens (including phenoxy) is 2. The second kappa shape index (κ2) is 7.08. The second-order valence-corrected chi connectivity index (χ2v) is 6.18. The van der Waals surface area contributed by atoms with E-state index in [1.165, 1.54) is 18.2 Å². The fourth-order valence-corrected chi connectivity index (χ4v) is 3.12. The fraction of sp³-hybridized carbons (Fsp3) is 0.0476. The number of nitrogens with zero attached hydrogens (tertiary/aromatic N) is 2. The number of carbonyl (C=O) groups is 2. The van der Waals surface area contributed by atoms with Gasteiger partial charge in [-0.2, -0.15) is 0 Å². The molecule has 0 saturated heterocycles. The zero-order chi connectivity index (χ0) is 20.5. The lowest BCUT2D eigenvalue weighted by atomic mass is 10.1. The summed E-state index contributed by atoms with van der Waals surface area (Å²) in [6.07, 6.45) is 0. The summed E-state index contributed by atoms with van der Waals surface area (Å²) < 4.78 is 10.9. The van der Waals surface area contributed by atoms with E-state index >= 15 is 0 Å². The number of carbonyl (C=O) groups excluding carboxylic acids is 2. The van der Waals surface area contributed by atoms with Crippen LogP contribution < -0.4 is 14.4 Å². The maximum atomic E-state index is 12.7. The number of methoxy groups -OCH3 is 1. The van der Waals surface area contributed by atoms with Crippen molar-refractivity contribution >= 4 is 23.2 Å². The Morgan fingerprint density at radius 2 is 1.55 bits per heavy atom. The summed E-state index contributed by atoms with van der Waals surface area (Å²) in [5.74, 6) is 0.374. The standard InChI is InChI=1S/C21H14N2O6/c1-28-15-4-2-5-16(12-15)29-14-10-8-13(9-11-14)22-20(24)17-6-3-7-18(23(26)27)19(17)21(22)25/h2-12H,1H3. The highest BCUT2D eigenvalue weighted by atomic mass is 16.6. The van der Waals surface area contributed by atoms with Crippen molar-refractivity contribution in [3.05, 3.63) is 88.0 Å². The summed E-state index contributed by atoms with van der Waals surface area (Å²) in [5.41, 5.74) is -0.273. The fourth-order valence-electron chi connectivity index (χ4n) is 3.12. The largest absolute Gasteiger partial charge is 0.497 e. The minimum atomic E-state index is -0.723. The number of benzene rings is 3. The van der Waals surface area contributed by atoms with Crippen LogP contribution in [0.1, 0.15) is 20.7 Å². The third-order valence-electron chi connectivity index (χ3n) is 4.46.